The van der Waals surface area contributed by atoms with Crippen molar-refractivity contribution < 1.29 is 9.72 Å². The second kappa shape index (κ2) is 6.51. The first-order valence-corrected chi connectivity index (χ1v) is 6.34. The first-order chi connectivity index (χ1) is 10.1. The normalized spacial score (nSPS) is 11.7. The van der Waals surface area contributed by atoms with Crippen LogP contribution < -0.4 is 10.6 Å². The molecule has 8 heteroatoms. The highest BCUT2D eigenvalue weighted by Crippen LogP contribution is 2.22. The van der Waals surface area contributed by atoms with Crippen LogP contribution in [0.5, 0.6) is 0 Å². The Labute approximate surface area is 120 Å². The molecule has 0 saturated carbocycles. The molecule has 2 amide bonds. The van der Waals surface area contributed by atoms with E-state index in [1.54, 1.807) is 35.3 Å². The quantitative estimate of drug-likeness (QED) is 0.649. The fourth-order valence-electron chi connectivity index (χ4n) is 1.86. The Hall–Kier alpha value is -2.90. The van der Waals surface area contributed by atoms with Gasteiger partial charge in [-0.1, -0.05) is 12.1 Å². The lowest BCUT2D eigenvalue weighted by Gasteiger charge is -2.14. The van der Waals surface area contributed by atoms with E-state index in [4.69, 9.17) is 0 Å². The molecule has 0 aliphatic rings. The Kier molecular flexibility index (Phi) is 4.50. The Morgan fingerprint density at radius 1 is 1.43 bits per heavy atom. The van der Waals surface area contributed by atoms with Crippen molar-refractivity contribution in [3.8, 4) is 0 Å². The van der Waals surface area contributed by atoms with E-state index in [1.165, 1.54) is 12.1 Å². The molecule has 8 nitrogen and oxygen atoms in total. The van der Waals surface area contributed by atoms with Crippen LogP contribution in [0, 0.1) is 10.1 Å². The lowest BCUT2D eigenvalue weighted by atomic mass is 10.2. The fourth-order valence-corrected chi connectivity index (χ4v) is 1.86. The molecule has 2 N–H and O–H groups in total. The molecule has 2 rings (SSSR count). The molecule has 0 radical (unpaired) electrons. The molecule has 110 valence electrons. The lowest BCUT2D eigenvalue weighted by Crippen LogP contribution is -2.38. The number of aromatic nitrogens is 2. The van der Waals surface area contributed by atoms with E-state index >= 15 is 0 Å². The Balaban J connectivity index is 1.94. The van der Waals surface area contributed by atoms with Gasteiger partial charge in [0.05, 0.1) is 11.5 Å². The van der Waals surface area contributed by atoms with Crippen molar-refractivity contribution in [2.45, 2.75) is 19.5 Å². The summed E-state index contributed by atoms with van der Waals surface area (Å²) in [5.74, 6) is 0. The molecule has 0 aliphatic heterocycles. The van der Waals surface area contributed by atoms with Crippen molar-refractivity contribution in [3.63, 3.8) is 0 Å². The van der Waals surface area contributed by atoms with Crippen LogP contribution >= 0.6 is 0 Å². The maximum Gasteiger partial charge on any atom is 0.319 e. The number of nitro groups is 1. The van der Waals surface area contributed by atoms with Crippen LogP contribution in [0.1, 0.15) is 6.92 Å². The summed E-state index contributed by atoms with van der Waals surface area (Å²) in [7, 11) is 0. The predicted molar refractivity (Wildman–Crippen MR) is 76.9 cm³/mol. The SMILES string of the molecule is CC(Cn1cccn1)NC(=O)Nc1ccccc1[N+](=O)[O-]. The third-order valence-corrected chi connectivity index (χ3v) is 2.75. The molecule has 1 aromatic heterocycles. The molecule has 0 bridgehead atoms. The highest BCUT2D eigenvalue weighted by atomic mass is 16.6. The van der Waals surface area contributed by atoms with E-state index in [0.29, 0.717) is 6.54 Å². The van der Waals surface area contributed by atoms with Crippen molar-refractivity contribution in [1.29, 1.82) is 0 Å². The van der Waals surface area contributed by atoms with E-state index in [2.05, 4.69) is 15.7 Å². The lowest BCUT2D eigenvalue weighted by molar-refractivity contribution is -0.383. The first-order valence-electron chi connectivity index (χ1n) is 6.34. The summed E-state index contributed by atoms with van der Waals surface area (Å²) >= 11 is 0. The average molecular weight is 289 g/mol. The number of nitrogens with one attached hydrogen (secondary N) is 2. The standard InChI is InChI=1S/C13H15N5O3/c1-10(9-17-8-4-7-14-17)15-13(19)16-11-5-2-3-6-12(11)18(20)21/h2-8,10H,9H2,1H3,(H2,15,16,19). The van der Waals surface area contributed by atoms with Crippen LogP contribution in [0.15, 0.2) is 42.7 Å². The van der Waals surface area contributed by atoms with Crippen LogP contribution in [-0.4, -0.2) is 26.8 Å². The zero-order valence-electron chi connectivity index (χ0n) is 11.4. The third-order valence-electron chi connectivity index (χ3n) is 2.75. The molecule has 1 unspecified atom stereocenters. The van der Waals surface area contributed by atoms with Crippen LogP contribution in [0.2, 0.25) is 0 Å². The number of nitrogens with zero attached hydrogens (tertiary/aromatic N) is 3. The van der Waals surface area contributed by atoms with E-state index in [-0.39, 0.29) is 17.4 Å². The van der Waals surface area contributed by atoms with Gasteiger partial charge >= 0.3 is 6.03 Å². The molecule has 21 heavy (non-hydrogen) atoms. The molecule has 2 aromatic rings. The highest BCUT2D eigenvalue weighted by Gasteiger charge is 2.15. The zero-order valence-corrected chi connectivity index (χ0v) is 11.4. The number of benzene rings is 1. The van der Waals surface area contributed by atoms with Gasteiger partial charge in [0.25, 0.3) is 5.69 Å². The average Bonchev–Trinajstić information content (AvgIpc) is 2.91. The van der Waals surface area contributed by atoms with Gasteiger partial charge < -0.3 is 10.6 Å². The number of hydrogen-bond donors (Lipinski definition) is 2. The van der Waals surface area contributed by atoms with Crippen molar-refractivity contribution in [3.05, 3.63) is 52.8 Å². The summed E-state index contributed by atoms with van der Waals surface area (Å²) in [5.41, 5.74) is 0.0127. The van der Waals surface area contributed by atoms with Gasteiger partial charge in [-0.3, -0.25) is 14.8 Å². The largest absolute Gasteiger partial charge is 0.334 e. The van der Waals surface area contributed by atoms with Crippen molar-refractivity contribution in [1.82, 2.24) is 15.1 Å². The summed E-state index contributed by atoms with van der Waals surface area (Å²) in [6.07, 6.45) is 3.44. The van der Waals surface area contributed by atoms with Gasteiger partial charge in [-0.2, -0.15) is 5.10 Å². The second-order valence-corrected chi connectivity index (χ2v) is 4.50. The van der Waals surface area contributed by atoms with Crippen molar-refractivity contribution in [2.75, 3.05) is 5.32 Å². The van der Waals surface area contributed by atoms with Gasteiger partial charge in [0.1, 0.15) is 5.69 Å². The Bertz CT molecular complexity index is 626. The smallest absolute Gasteiger partial charge is 0.319 e. The number of carbonyl (C=O) groups is 1. The van der Waals surface area contributed by atoms with Crippen molar-refractivity contribution >= 4 is 17.4 Å². The monoisotopic (exact) mass is 289 g/mol. The minimum absolute atomic E-state index is 0.146. The zero-order chi connectivity index (χ0) is 15.2. The van der Waals surface area contributed by atoms with Gasteiger partial charge in [0.15, 0.2) is 0 Å². The molecule has 1 atom stereocenters. The minimum atomic E-state index is -0.539. The van der Waals surface area contributed by atoms with Gasteiger partial charge in [-0.25, -0.2) is 4.79 Å². The minimum Gasteiger partial charge on any atom is -0.334 e. The number of urea groups is 1. The van der Waals surface area contributed by atoms with Crippen LogP contribution in [0.3, 0.4) is 0 Å². The third kappa shape index (κ3) is 4.03. The van der Waals surface area contributed by atoms with Gasteiger partial charge in [0.2, 0.25) is 0 Å². The fraction of sp³-hybridized carbons (Fsp3) is 0.231. The number of para-hydroxylation sites is 2. The molecule has 1 aromatic carbocycles. The van der Waals surface area contributed by atoms with Gasteiger partial charge in [0, 0.05) is 24.5 Å². The second-order valence-electron chi connectivity index (χ2n) is 4.50. The molecule has 0 saturated heterocycles. The maximum atomic E-state index is 11.9. The van der Waals surface area contributed by atoms with E-state index < -0.39 is 11.0 Å². The van der Waals surface area contributed by atoms with E-state index in [1.807, 2.05) is 6.92 Å². The molecule has 0 fully saturated rings. The van der Waals surface area contributed by atoms with Crippen LogP contribution in [-0.2, 0) is 6.54 Å². The number of rotatable bonds is 5. The summed E-state index contributed by atoms with van der Waals surface area (Å²) in [6, 6.07) is 7.10. The first kappa shape index (κ1) is 14.5. The number of carbonyl (C=O) groups excluding carboxylic acids is 1. The Morgan fingerprint density at radius 3 is 2.86 bits per heavy atom. The van der Waals surface area contributed by atoms with E-state index in [9.17, 15) is 14.9 Å². The Morgan fingerprint density at radius 2 is 2.19 bits per heavy atom. The molecule has 1 heterocycles. The topological polar surface area (TPSA) is 102 Å². The van der Waals surface area contributed by atoms with Crippen LogP contribution in [0.25, 0.3) is 0 Å². The number of nitro benzene ring substituents is 1. The summed E-state index contributed by atoms with van der Waals surface area (Å²) in [5, 5.41) is 20.1. The molecular weight excluding hydrogens is 274 g/mol. The van der Waals surface area contributed by atoms with Gasteiger partial charge in [-0.15, -0.1) is 0 Å². The van der Waals surface area contributed by atoms with E-state index in [0.717, 1.165) is 0 Å². The van der Waals surface area contributed by atoms with Crippen molar-refractivity contribution in [2.24, 2.45) is 0 Å². The summed E-state index contributed by atoms with van der Waals surface area (Å²) in [6.45, 7) is 2.33. The summed E-state index contributed by atoms with van der Waals surface area (Å²) < 4.78 is 1.69. The molecule has 0 spiro atoms. The van der Waals surface area contributed by atoms with Gasteiger partial charge in [-0.05, 0) is 19.1 Å². The number of anilines is 1. The summed E-state index contributed by atoms with van der Waals surface area (Å²) in [4.78, 5) is 22.2. The number of hydrogen-bond acceptors (Lipinski definition) is 4. The van der Waals surface area contributed by atoms with Crippen LogP contribution in [0.4, 0.5) is 16.2 Å². The number of amides is 2. The molecule has 0 aliphatic carbocycles. The highest BCUT2D eigenvalue weighted by molar-refractivity contribution is 5.91. The maximum absolute atomic E-state index is 11.9. The predicted octanol–water partition coefficient (Wildman–Crippen LogP) is 2.00. The molecular formula is C13H15N5O3.